The van der Waals surface area contributed by atoms with E-state index < -0.39 is 25.9 Å². The van der Waals surface area contributed by atoms with Gasteiger partial charge in [-0.3, -0.25) is 19.7 Å². The molecule has 4 bridgehead atoms. The van der Waals surface area contributed by atoms with Gasteiger partial charge < -0.3 is 11.1 Å². The lowest BCUT2D eigenvalue weighted by Gasteiger charge is -2.59. The Morgan fingerprint density at radius 1 is 1.15 bits per heavy atom. The van der Waals surface area contributed by atoms with Crippen molar-refractivity contribution in [2.45, 2.75) is 74.8 Å². The smallest absolute Gasteiger partial charge is 0.273 e. The third-order valence-electron chi connectivity index (χ3n) is 8.75. The third kappa shape index (κ3) is 3.60. The van der Waals surface area contributed by atoms with Crippen LogP contribution in [0.2, 0.25) is 0 Å². The first-order valence-corrected chi connectivity index (χ1v) is 13.3. The number of hydrogen-bond acceptors (Lipinski definition) is 6. The van der Waals surface area contributed by atoms with E-state index in [0.717, 1.165) is 25.3 Å². The summed E-state index contributed by atoms with van der Waals surface area (Å²) in [6, 6.07) is 3.64. The number of nitro benzene ring substituents is 1. The van der Waals surface area contributed by atoms with Crippen LogP contribution in [-0.2, 0) is 19.6 Å². The van der Waals surface area contributed by atoms with Crippen LogP contribution in [0.1, 0.15) is 56.9 Å². The van der Waals surface area contributed by atoms with Crippen molar-refractivity contribution in [2.24, 2.45) is 28.9 Å². The highest BCUT2D eigenvalue weighted by molar-refractivity contribution is 7.89. The van der Waals surface area contributed by atoms with Gasteiger partial charge >= 0.3 is 0 Å². The van der Waals surface area contributed by atoms with Gasteiger partial charge in [0.25, 0.3) is 5.69 Å². The maximum absolute atomic E-state index is 13.5. The number of benzene rings is 1. The third-order valence-corrected chi connectivity index (χ3v) is 10.3. The highest BCUT2D eigenvalue weighted by Crippen LogP contribution is 2.60. The lowest BCUT2D eigenvalue weighted by Crippen LogP contribution is -2.68. The van der Waals surface area contributed by atoms with Gasteiger partial charge in [-0.1, -0.05) is 6.07 Å². The summed E-state index contributed by atoms with van der Waals surface area (Å²) < 4.78 is 28.8. The largest absolute Gasteiger partial charge is 0.369 e. The number of primary amides is 1. The molecule has 6 rings (SSSR count). The van der Waals surface area contributed by atoms with Crippen molar-refractivity contribution in [3.63, 3.8) is 0 Å². The van der Waals surface area contributed by atoms with E-state index >= 15 is 0 Å². The van der Waals surface area contributed by atoms with Crippen LogP contribution in [0.3, 0.4) is 0 Å². The normalized spacial score (nSPS) is 33.2. The number of nitro groups is 1. The van der Waals surface area contributed by atoms with Gasteiger partial charge in [0.15, 0.2) is 0 Å². The Morgan fingerprint density at radius 3 is 2.32 bits per heavy atom. The maximum atomic E-state index is 13.5. The second kappa shape index (κ2) is 7.74. The molecule has 2 unspecified atom stereocenters. The molecule has 10 nitrogen and oxygen atoms in total. The molecule has 1 aromatic rings. The molecule has 34 heavy (non-hydrogen) atoms. The van der Waals surface area contributed by atoms with Crippen LogP contribution in [0, 0.1) is 40.2 Å². The van der Waals surface area contributed by atoms with Crippen LogP contribution < -0.4 is 15.8 Å². The number of carbonyl (C=O) groups is 2. The second-order valence-corrected chi connectivity index (χ2v) is 12.5. The van der Waals surface area contributed by atoms with Crippen molar-refractivity contribution in [2.75, 3.05) is 0 Å². The van der Waals surface area contributed by atoms with Crippen LogP contribution >= 0.6 is 0 Å². The number of nitrogens with zero attached hydrogens (tertiary/aromatic N) is 1. The van der Waals surface area contributed by atoms with E-state index in [1.54, 1.807) is 0 Å². The molecule has 5 saturated carbocycles. The monoisotopic (exact) mass is 490 g/mol. The Morgan fingerprint density at radius 2 is 1.79 bits per heavy atom. The van der Waals surface area contributed by atoms with Crippen molar-refractivity contribution in [1.82, 2.24) is 10.0 Å². The zero-order valence-corrected chi connectivity index (χ0v) is 19.9. The summed E-state index contributed by atoms with van der Waals surface area (Å²) in [6.45, 7) is 1.54. The van der Waals surface area contributed by atoms with Gasteiger partial charge in [-0.2, -0.15) is 4.72 Å². The Kier molecular flexibility index (Phi) is 5.29. The zero-order chi connectivity index (χ0) is 24.5. The van der Waals surface area contributed by atoms with Crippen LogP contribution in [-0.4, -0.2) is 36.7 Å². The maximum Gasteiger partial charge on any atom is 0.273 e. The summed E-state index contributed by atoms with van der Waals surface area (Å²) in [5.41, 5.74) is 4.09. The molecule has 0 spiro atoms. The Balaban J connectivity index is 1.34. The van der Waals surface area contributed by atoms with Gasteiger partial charge in [-0.25, -0.2) is 8.42 Å². The highest BCUT2D eigenvalue weighted by atomic mass is 32.2. The lowest BCUT2D eigenvalue weighted by molar-refractivity contribution is -0.385. The van der Waals surface area contributed by atoms with Gasteiger partial charge in [0.2, 0.25) is 21.8 Å². The molecule has 2 atom stereocenters. The fourth-order valence-electron chi connectivity index (χ4n) is 7.03. The van der Waals surface area contributed by atoms with E-state index in [9.17, 15) is 28.1 Å². The SMILES string of the molecule is Cc1ccc(S(=O)(=O)NC2(C(=O)NC3C4CC5CC3CC(C(N)=O)(C5)C4)CCC2)cc1[N+](=O)[O-]. The van der Waals surface area contributed by atoms with Crippen molar-refractivity contribution >= 4 is 27.5 Å². The number of nitrogens with two attached hydrogens (primary N) is 1. The van der Waals surface area contributed by atoms with Crippen molar-refractivity contribution in [3.05, 3.63) is 33.9 Å². The average Bonchev–Trinajstić information content (AvgIpc) is 2.72. The highest BCUT2D eigenvalue weighted by Gasteiger charge is 2.59. The van der Waals surface area contributed by atoms with E-state index in [4.69, 9.17) is 5.73 Å². The second-order valence-electron chi connectivity index (χ2n) is 10.9. The van der Waals surface area contributed by atoms with E-state index in [1.165, 1.54) is 19.1 Å². The minimum atomic E-state index is -4.16. The number of nitrogens with one attached hydrogen (secondary N) is 2. The fraction of sp³-hybridized carbons (Fsp3) is 0.652. The predicted octanol–water partition coefficient (Wildman–Crippen LogP) is 1.90. The molecule has 0 saturated heterocycles. The van der Waals surface area contributed by atoms with Crippen LogP contribution in [0.5, 0.6) is 0 Å². The molecule has 1 aromatic carbocycles. The van der Waals surface area contributed by atoms with Crippen molar-refractivity contribution in [3.8, 4) is 0 Å². The van der Waals surface area contributed by atoms with Crippen LogP contribution in [0.25, 0.3) is 0 Å². The molecule has 0 heterocycles. The van der Waals surface area contributed by atoms with Gasteiger partial charge in [0, 0.05) is 23.1 Å². The average molecular weight is 491 g/mol. The lowest BCUT2D eigenvalue weighted by atomic mass is 9.47. The fourth-order valence-corrected chi connectivity index (χ4v) is 8.47. The standard InChI is InChI=1S/C23H30N4O6S/c1-13-3-4-17(9-18(13)27(30)31)34(32,33)26-23(5-2-6-23)21(29)25-19-15-7-14-8-16(19)12-22(10-14,11-15)20(24)28/h3-4,9,14-16,19,26H,2,5-8,10-12H2,1H3,(H2,24,28)(H,25,29). The molecule has 184 valence electrons. The molecule has 2 amide bonds. The molecule has 5 aliphatic rings. The molecule has 4 N–H and O–H groups in total. The number of aryl methyl sites for hydroxylation is 1. The first kappa shape index (κ1) is 23.2. The summed E-state index contributed by atoms with van der Waals surface area (Å²) in [7, 11) is -4.16. The van der Waals surface area contributed by atoms with E-state index in [0.29, 0.717) is 43.6 Å². The molecule has 11 heteroatoms. The molecular weight excluding hydrogens is 460 g/mol. The van der Waals surface area contributed by atoms with Gasteiger partial charge in [0.05, 0.1) is 9.82 Å². The van der Waals surface area contributed by atoms with Crippen molar-refractivity contribution in [1.29, 1.82) is 0 Å². The quantitative estimate of drug-likeness (QED) is 0.391. The minimum absolute atomic E-state index is 0.0982. The Bertz CT molecular complexity index is 1160. The van der Waals surface area contributed by atoms with Crippen LogP contribution in [0.4, 0.5) is 5.69 Å². The number of hydrogen-bond donors (Lipinski definition) is 3. The van der Waals surface area contributed by atoms with Gasteiger partial charge in [-0.05, 0) is 82.1 Å². The summed E-state index contributed by atoms with van der Waals surface area (Å²) in [6.07, 6.45) is 5.50. The van der Waals surface area contributed by atoms with Crippen molar-refractivity contribution < 1.29 is 22.9 Å². The summed E-state index contributed by atoms with van der Waals surface area (Å²) in [4.78, 5) is 36.1. The number of sulfonamides is 1. The number of amides is 2. The summed E-state index contributed by atoms with van der Waals surface area (Å²) in [5, 5.41) is 14.4. The van der Waals surface area contributed by atoms with Gasteiger partial charge in [0.1, 0.15) is 5.54 Å². The van der Waals surface area contributed by atoms with Crippen LogP contribution in [0.15, 0.2) is 23.1 Å². The topological polar surface area (TPSA) is 162 Å². The predicted molar refractivity (Wildman–Crippen MR) is 122 cm³/mol. The van der Waals surface area contributed by atoms with E-state index in [-0.39, 0.29) is 40.3 Å². The molecule has 0 aromatic heterocycles. The molecule has 5 fully saturated rings. The minimum Gasteiger partial charge on any atom is -0.369 e. The first-order valence-electron chi connectivity index (χ1n) is 11.8. The Hall–Kier alpha value is -2.53. The summed E-state index contributed by atoms with van der Waals surface area (Å²) >= 11 is 0. The molecule has 0 aliphatic heterocycles. The van der Waals surface area contributed by atoms with Gasteiger partial charge in [-0.15, -0.1) is 0 Å². The van der Waals surface area contributed by atoms with E-state index in [2.05, 4.69) is 10.0 Å². The van der Waals surface area contributed by atoms with E-state index in [1.807, 2.05) is 0 Å². The number of rotatable bonds is 7. The zero-order valence-electron chi connectivity index (χ0n) is 19.1. The number of carbonyl (C=O) groups excluding carboxylic acids is 2. The molecule has 5 aliphatic carbocycles. The molecular formula is C23H30N4O6S. The Labute approximate surface area is 198 Å². The molecule has 0 radical (unpaired) electrons. The first-order chi connectivity index (χ1) is 15.9. The summed E-state index contributed by atoms with van der Waals surface area (Å²) in [5.74, 6) is 0.181.